The monoisotopic (exact) mass is 405 g/mol. The zero-order chi connectivity index (χ0) is 19.8. The Balaban J connectivity index is 1.29. The highest BCUT2D eigenvalue weighted by molar-refractivity contribution is 6.30. The van der Waals surface area contributed by atoms with Crippen molar-refractivity contribution in [3.8, 4) is 5.75 Å². The smallest absolute Gasteiger partial charge is 0.315 e. The second-order valence-electron chi connectivity index (χ2n) is 6.88. The van der Waals surface area contributed by atoms with Crippen molar-refractivity contribution in [1.29, 1.82) is 0 Å². The molecule has 1 aliphatic rings. The van der Waals surface area contributed by atoms with Crippen molar-refractivity contribution in [3.63, 3.8) is 0 Å². The van der Waals surface area contributed by atoms with Crippen LogP contribution < -0.4 is 15.4 Å². The van der Waals surface area contributed by atoms with Crippen molar-refractivity contribution in [2.45, 2.75) is 25.4 Å². The van der Waals surface area contributed by atoms with Crippen LogP contribution in [0.2, 0.25) is 5.02 Å². The lowest BCUT2D eigenvalue weighted by molar-refractivity contribution is 0.186. The van der Waals surface area contributed by atoms with E-state index in [9.17, 15) is 9.18 Å². The number of hydrogen-bond donors (Lipinski definition) is 2. The molecule has 0 bridgehead atoms. The van der Waals surface area contributed by atoms with Gasteiger partial charge in [0.15, 0.2) is 0 Å². The summed E-state index contributed by atoms with van der Waals surface area (Å²) < 4.78 is 18.3. The largest absolute Gasteiger partial charge is 0.492 e. The molecule has 2 aromatic rings. The molecule has 0 radical (unpaired) electrons. The van der Waals surface area contributed by atoms with E-state index in [1.165, 1.54) is 17.7 Å². The van der Waals surface area contributed by atoms with E-state index < -0.39 is 0 Å². The number of rotatable bonds is 7. The SMILES string of the molecule is O=C(NCCOc1ccc(F)cc1)NC1CCN(Cc2ccc(Cl)cc2)CC1. The first kappa shape index (κ1) is 20.4. The average Bonchev–Trinajstić information content (AvgIpc) is 2.70. The maximum absolute atomic E-state index is 12.8. The Bertz CT molecular complexity index is 747. The number of hydrogen-bond acceptors (Lipinski definition) is 3. The van der Waals surface area contributed by atoms with Gasteiger partial charge in [0, 0.05) is 30.7 Å². The highest BCUT2D eigenvalue weighted by Gasteiger charge is 2.20. The number of ether oxygens (including phenoxy) is 1. The van der Waals surface area contributed by atoms with E-state index in [4.69, 9.17) is 16.3 Å². The normalized spacial score (nSPS) is 15.2. The Morgan fingerprint density at radius 1 is 1.11 bits per heavy atom. The predicted octanol–water partition coefficient (Wildman–Crippen LogP) is 3.82. The average molecular weight is 406 g/mol. The molecule has 150 valence electrons. The molecule has 0 atom stereocenters. The number of piperidine rings is 1. The van der Waals surface area contributed by atoms with Gasteiger partial charge in [0.05, 0.1) is 6.54 Å². The minimum Gasteiger partial charge on any atom is -0.492 e. The summed E-state index contributed by atoms with van der Waals surface area (Å²) >= 11 is 5.92. The fraction of sp³-hybridized carbons (Fsp3) is 0.381. The van der Waals surface area contributed by atoms with Gasteiger partial charge in [0.2, 0.25) is 0 Å². The van der Waals surface area contributed by atoms with Crippen molar-refractivity contribution in [3.05, 3.63) is 64.9 Å². The minimum absolute atomic E-state index is 0.180. The predicted molar refractivity (Wildman–Crippen MR) is 108 cm³/mol. The minimum atomic E-state index is -0.302. The van der Waals surface area contributed by atoms with Crippen LogP contribution in [0.25, 0.3) is 0 Å². The van der Waals surface area contributed by atoms with Crippen molar-refractivity contribution in [2.75, 3.05) is 26.2 Å². The van der Waals surface area contributed by atoms with Crippen LogP contribution in [0.15, 0.2) is 48.5 Å². The van der Waals surface area contributed by atoms with Crippen LogP contribution in [0.5, 0.6) is 5.75 Å². The molecular weight excluding hydrogens is 381 g/mol. The standard InChI is InChI=1S/C21H25ClFN3O2/c22-17-3-1-16(2-4-17)15-26-12-9-19(10-13-26)25-21(27)24-11-14-28-20-7-5-18(23)6-8-20/h1-8,19H,9-15H2,(H2,24,25,27). The number of nitrogens with zero attached hydrogens (tertiary/aromatic N) is 1. The summed E-state index contributed by atoms with van der Waals surface area (Å²) in [6.45, 7) is 3.51. The van der Waals surface area contributed by atoms with Crippen molar-refractivity contribution < 1.29 is 13.9 Å². The van der Waals surface area contributed by atoms with Crippen LogP contribution in [0, 0.1) is 5.82 Å². The van der Waals surface area contributed by atoms with Crippen molar-refractivity contribution in [2.24, 2.45) is 0 Å². The Labute approximate surface area is 169 Å². The van der Waals surface area contributed by atoms with Crippen LogP contribution in [-0.4, -0.2) is 43.2 Å². The number of likely N-dealkylation sites (tertiary alicyclic amines) is 1. The van der Waals surface area contributed by atoms with Gasteiger partial charge in [-0.25, -0.2) is 9.18 Å². The highest BCUT2D eigenvalue weighted by Crippen LogP contribution is 2.16. The number of benzene rings is 2. The molecule has 7 heteroatoms. The summed E-state index contributed by atoms with van der Waals surface area (Å²) in [6, 6.07) is 13.7. The Hall–Kier alpha value is -2.31. The van der Waals surface area contributed by atoms with Gasteiger partial charge >= 0.3 is 6.03 Å². The lowest BCUT2D eigenvalue weighted by atomic mass is 10.0. The van der Waals surface area contributed by atoms with Gasteiger partial charge in [-0.2, -0.15) is 0 Å². The number of nitrogens with one attached hydrogen (secondary N) is 2. The number of urea groups is 1. The molecule has 5 nitrogen and oxygen atoms in total. The topological polar surface area (TPSA) is 53.6 Å². The van der Waals surface area contributed by atoms with Gasteiger partial charge in [-0.05, 0) is 54.8 Å². The molecule has 28 heavy (non-hydrogen) atoms. The lowest BCUT2D eigenvalue weighted by Gasteiger charge is -2.32. The van der Waals surface area contributed by atoms with E-state index in [1.807, 2.05) is 24.3 Å². The van der Waals surface area contributed by atoms with Gasteiger partial charge in [0.25, 0.3) is 0 Å². The van der Waals surface area contributed by atoms with E-state index in [-0.39, 0.29) is 17.9 Å². The Morgan fingerprint density at radius 2 is 1.79 bits per heavy atom. The zero-order valence-corrected chi connectivity index (χ0v) is 16.4. The fourth-order valence-electron chi connectivity index (χ4n) is 3.18. The van der Waals surface area contributed by atoms with Crippen LogP contribution in [-0.2, 0) is 6.54 Å². The van der Waals surface area contributed by atoms with E-state index in [0.29, 0.717) is 18.9 Å². The zero-order valence-electron chi connectivity index (χ0n) is 15.7. The molecular formula is C21H25ClFN3O2. The van der Waals surface area contributed by atoms with Gasteiger partial charge in [-0.3, -0.25) is 4.90 Å². The van der Waals surface area contributed by atoms with Gasteiger partial charge < -0.3 is 15.4 Å². The molecule has 1 aliphatic heterocycles. The van der Waals surface area contributed by atoms with Gasteiger partial charge in [-0.15, -0.1) is 0 Å². The molecule has 2 N–H and O–H groups in total. The van der Waals surface area contributed by atoms with Crippen LogP contribution in [0.4, 0.5) is 9.18 Å². The first-order valence-corrected chi connectivity index (χ1v) is 9.86. The third-order valence-electron chi connectivity index (χ3n) is 4.71. The summed E-state index contributed by atoms with van der Waals surface area (Å²) in [5.74, 6) is 0.278. The molecule has 1 fully saturated rings. The third-order valence-corrected chi connectivity index (χ3v) is 4.96. The van der Waals surface area contributed by atoms with Crippen LogP contribution >= 0.6 is 11.6 Å². The second-order valence-corrected chi connectivity index (χ2v) is 7.32. The first-order chi connectivity index (χ1) is 13.6. The van der Waals surface area contributed by atoms with E-state index in [0.717, 1.165) is 37.5 Å². The summed E-state index contributed by atoms with van der Waals surface area (Å²) in [6.07, 6.45) is 1.85. The fourth-order valence-corrected chi connectivity index (χ4v) is 3.31. The molecule has 0 spiro atoms. The summed E-state index contributed by atoms with van der Waals surface area (Å²) in [4.78, 5) is 14.4. The van der Waals surface area contributed by atoms with E-state index >= 15 is 0 Å². The molecule has 2 aromatic carbocycles. The van der Waals surface area contributed by atoms with Gasteiger partial charge in [-0.1, -0.05) is 23.7 Å². The number of halogens is 2. The third kappa shape index (κ3) is 6.69. The van der Waals surface area contributed by atoms with Crippen LogP contribution in [0.1, 0.15) is 18.4 Å². The Morgan fingerprint density at radius 3 is 2.46 bits per heavy atom. The molecule has 2 amide bonds. The maximum Gasteiger partial charge on any atom is 0.315 e. The molecule has 1 heterocycles. The summed E-state index contributed by atoms with van der Waals surface area (Å²) in [5, 5.41) is 6.56. The number of amides is 2. The first-order valence-electron chi connectivity index (χ1n) is 9.48. The molecule has 0 saturated carbocycles. The number of carbonyl (C=O) groups is 1. The van der Waals surface area contributed by atoms with Crippen LogP contribution in [0.3, 0.4) is 0 Å². The Kier molecular flexibility index (Phi) is 7.51. The van der Waals surface area contributed by atoms with E-state index in [1.54, 1.807) is 12.1 Å². The molecule has 1 saturated heterocycles. The quantitative estimate of drug-likeness (QED) is 0.688. The maximum atomic E-state index is 12.8. The summed E-state index contributed by atoms with van der Waals surface area (Å²) in [5.41, 5.74) is 1.25. The molecule has 0 aliphatic carbocycles. The number of carbonyl (C=O) groups excluding carboxylic acids is 1. The van der Waals surface area contributed by atoms with E-state index in [2.05, 4.69) is 15.5 Å². The molecule has 3 rings (SSSR count). The lowest BCUT2D eigenvalue weighted by Crippen LogP contribution is -2.48. The van der Waals surface area contributed by atoms with Crippen molar-refractivity contribution >= 4 is 17.6 Å². The van der Waals surface area contributed by atoms with Crippen molar-refractivity contribution in [1.82, 2.24) is 15.5 Å². The molecule has 0 aromatic heterocycles. The summed E-state index contributed by atoms with van der Waals surface area (Å²) in [7, 11) is 0. The highest BCUT2D eigenvalue weighted by atomic mass is 35.5. The van der Waals surface area contributed by atoms with Gasteiger partial charge in [0.1, 0.15) is 18.2 Å². The molecule has 0 unspecified atom stereocenters. The second kappa shape index (κ2) is 10.3.